The van der Waals surface area contributed by atoms with E-state index in [4.69, 9.17) is 21.5 Å². The average Bonchev–Trinajstić information content (AvgIpc) is 2.74. The third kappa shape index (κ3) is 2.28. The Balaban J connectivity index is 2.14. The molecule has 1 N–H and O–H groups in total. The first-order chi connectivity index (χ1) is 8.26. The van der Waals surface area contributed by atoms with Crippen LogP contribution in [0.15, 0.2) is 5.16 Å². The second-order valence-electron chi connectivity index (χ2n) is 6.08. The molecule has 1 saturated carbocycles. The van der Waals surface area contributed by atoms with Crippen LogP contribution in [-0.2, 0) is 4.74 Å². The fraction of sp³-hybridized carbons (Fsp3) is 0.833. The van der Waals surface area contributed by atoms with Gasteiger partial charge in [0.05, 0.1) is 6.04 Å². The highest BCUT2D eigenvalue weighted by atomic mass is 35.5. The van der Waals surface area contributed by atoms with Crippen molar-refractivity contribution >= 4 is 22.9 Å². The van der Waals surface area contributed by atoms with E-state index < -0.39 is 5.60 Å². The highest BCUT2D eigenvalue weighted by Crippen LogP contribution is 2.53. The first kappa shape index (κ1) is 13.5. The van der Waals surface area contributed by atoms with Crippen LogP contribution in [0, 0.1) is 11.8 Å². The second kappa shape index (κ2) is 4.30. The SMILES string of the molecule is C[C@@H]1[C@@H]2C[C@H](/C(Cl)=N/O)N(C(=O)OC(C)(C)C)[C@H]12. The molecule has 5 nitrogen and oxygen atoms in total. The molecule has 2 aliphatic rings. The molecule has 1 heterocycles. The monoisotopic (exact) mass is 274 g/mol. The third-order valence-electron chi connectivity index (χ3n) is 3.64. The van der Waals surface area contributed by atoms with E-state index >= 15 is 0 Å². The van der Waals surface area contributed by atoms with Gasteiger partial charge in [0, 0.05) is 6.04 Å². The van der Waals surface area contributed by atoms with Gasteiger partial charge in [-0.3, -0.25) is 4.90 Å². The Kier molecular flexibility index (Phi) is 3.21. The number of carbonyl (C=O) groups is 1. The number of piperidine rings is 1. The summed E-state index contributed by atoms with van der Waals surface area (Å²) in [5, 5.41) is 11.8. The van der Waals surface area contributed by atoms with Crippen molar-refractivity contribution in [2.24, 2.45) is 17.0 Å². The molecule has 0 aromatic carbocycles. The molecule has 0 unspecified atom stereocenters. The maximum absolute atomic E-state index is 12.2. The smallest absolute Gasteiger partial charge is 0.411 e. The fourth-order valence-electron chi connectivity index (χ4n) is 2.76. The van der Waals surface area contributed by atoms with Gasteiger partial charge in [-0.2, -0.15) is 0 Å². The van der Waals surface area contributed by atoms with Crippen LogP contribution >= 0.6 is 11.6 Å². The Bertz CT molecular complexity index is 391. The van der Waals surface area contributed by atoms with Gasteiger partial charge in [0.25, 0.3) is 0 Å². The Labute approximate surface area is 112 Å². The highest BCUT2D eigenvalue weighted by Gasteiger charge is 2.61. The number of ether oxygens (including phenoxy) is 1. The number of oxime groups is 1. The molecule has 0 aromatic rings. The van der Waals surface area contributed by atoms with Crippen molar-refractivity contribution in [2.45, 2.75) is 51.8 Å². The predicted octanol–water partition coefficient (Wildman–Crippen LogP) is 2.66. The number of fused-ring (bicyclic) bond motifs is 1. The first-order valence-electron chi connectivity index (χ1n) is 6.15. The maximum Gasteiger partial charge on any atom is 0.411 e. The van der Waals surface area contributed by atoms with Gasteiger partial charge < -0.3 is 9.94 Å². The topological polar surface area (TPSA) is 62.1 Å². The Hall–Kier alpha value is -0.970. The minimum absolute atomic E-state index is 0.0558. The van der Waals surface area contributed by atoms with Crippen molar-refractivity contribution < 1.29 is 14.7 Å². The second-order valence-corrected chi connectivity index (χ2v) is 6.46. The minimum atomic E-state index is -0.541. The van der Waals surface area contributed by atoms with Crippen molar-refractivity contribution in [3.63, 3.8) is 0 Å². The van der Waals surface area contributed by atoms with E-state index in [9.17, 15) is 4.79 Å². The van der Waals surface area contributed by atoms with E-state index in [1.807, 2.05) is 20.8 Å². The summed E-state index contributed by atoms with van der Waals surface area (Å²) < 4.78 is 5.38. The highest BCUT2D eigenvalue weighted by molar-refractivity contribution is 6.66. The average molecular weight is 275 g/mol. The minimum Gasteiger partial charge on any atom is -0.444 e. The summed E-state index contributed by atoms with van der Waals surface area (Å²) in [5.74, 6) is 0.912. The molecule has 0 aromatic heterocycles. The number of hydrogen-bond donors (Lipinski definition) is 1. The van der Waals surface area contributed by atoms with Crippen LogP contribution in [0.3, 0.4) is 0 Å². The molecule has 0 spiro atoms. The predicted molar refractivity (Wildman–Crippen MR) is 68.0 cm³/mol. The molecule has 0 bridgehead atoms. The molecule has 4 atom stereocenters. The molecule has 2 rings (SSSR count). The summed E-state index contributed by atoms with van der Waals surface area (Å²) in [6.45, 7) is 7.58. The zero-order chi connectivity index (χ0) is 13.7. The summed E-state index contributed by atoms with van der Waals surface area (Å²) in [4.78, 5) is 13.8. The lowest BCUT2D eigenvalue weighted by molar-refractivity contribution is 0.0218. The fourth-order valence-corrected chi connectivity index (χ4v) is 2.95. The van der Waals surface area contributed by atoms with Gasteiger partial charge >= 0.3 is 6.09 Å². The van der Waals surface area contributed by atoms with Gasteiger partial charge in [0.1, 0.15) is 5.60 Å². The lowest BCUT2D eigenvalue weighted by Gasteiger charge is -2.30. The number of halogens is 1. The number of carbonyl (C=O) groups excluding carboxylic acids is 1. The van der Waals surface area contributed by atoms with Crippen LogP contribution < -0.4 is 0 Å². The van der Waals surface area contributed by atoms with Crippen molar-refractivity contribution in [3.05, 3.63) is 0 Å². The van der Waals surface area contributed by atoms with E-state index in [0.29, 0.717) is 11.8 Å². The van der Waals surface area contributed by atoms with E-state index in [2.05, 4.69) is 12.1 Å². The summed E-state index contributed by atoms with van der Waals surface area (Å²) in [7, 11) is 0. The van der Waals surface area contributed by atoms with Crippen LogP contribution in [0.4, 0.5) is 4.79 Å². The van der Waals surface area contributed by atoms with Crippen LogP contribution in [0.5, 0.6) is 0 Å². The summed E-state index contributed by atoms with van der Waals surface area (Å²) >= 11 is 5.87. The first-order valence-corrected chi connectivity index (χ1v) is 6.53. The summed E-state index contributed by atoms with van der Waals surface area (Å²) in [6.07, 6.45) is 0.361. The maximum atomic E-state index is 12.2. The van der Waals surface area contributed by atoms with Crippen molar-refractivity contribution in [3.8, 4) is 0 Å². The van der Waals surface area contributed by atoms with E-state index in [1.165, 1.54) is 0 Å². The van der Waals surface area contributed by atoms with Gasteiger partial charge in [0.15, 0.2) is 5.17 Å². The number of amides is 1. The van der Waals surface area contributed by atoms with E-state index in [1.54, 1.807) is 4.90 Å². The van der Waals surface area contributed by atoms with Gasteiger partial charge in [-0.15, -0.1) is 0 Å². The normalized spacial score (nSPS) is 35.4. The lowest BCUT2D eigenvalue weighted by Crippen LogP contribution is -2.45. The van der Waals surface area contributed by atoms with Gasteiger partial charge in [-0.05, 0) is 39.0 Å². The van der Waals surface area contributed by atoms with Crippen LogP contribution in [0.1, 0.15) is 34.1 Å². The number of rotatable bonds is 1. The number of hydrogen-bond acceptors (Lipinski definition) is 4. The Morgan fingerprint density at radius 1 is 1.50 bits per heavy atom. The van der Waals surface area contributed by atoms with Crippen LogP contribution in [0.25, 0.3) is 0 Å². The largest absolute Gasteiger partial charge is 0.444 e. The Morgan fingerprint density at radius 2 is 2.11 bits per heavy atom. The third-order valence-corrected chi connectivity index (χ3v) is 3.97. The molecule has 1 amide bonds. The molecular formula is C12H19ClN2O3. The zero-order valence-corrected chi connectivity index (χ0v) is 11.8. The summed E-state index contributed by atoms with van der Waals surface area (Å²) in [6, 6.07) is -0.182. The summed E-state index contributed by atoms with van der Waals surface area (Å²) in [5.41, 5.74) is -0.541. The standard InChI is InChI=1S/C12H19ClN2O3/c1-6-7-5-8(10(13)14-17)15(9(6)7)11(16)18-12(2,3)4/h6-9,17H,5H2,1-4H3/b14-10-/t6-,7+,8-,9-/m1/s1. The van der Waals surface area contributed by atoms with Crippen molar-refractivity contribution in [2.75, 3.05) is 0 Å². The van der Waals surface area contributed by atoms with Crippen LogP contribution in [0.2, 0.25) is 0 Å². The molecule has 1 aliphatic carbocycles. The Morgan fingerprint density at radius 3 is 2.61 bits per heavy atom. The van der Waals surface area contributed by atoms with Crippen molar-refractivity contribution in [1.82, 2.24) is 4.90 Å². The van der Waals surface area contributed by atoms with Gasteiger partial charge in [-0.1, -0.05) is 23.7 Å². The molecule has 18 heavy (non-hydrogen) atoms. The lowest BCUT2D eigenvalue weighted by atomic mass is 10.1. The molecular weight excluding hydrogens is 256 g/mol. The molecule has 2 fully saturated rings. The number of nitrogens with zero attached hydrogens (tertiary/aromatic N) is 2. The van der Waals surface area contributed by atoms with E-state index in [-0.39, 0.29) is 23.3 Å². The molecule has 1 aliphatic heterocycles. The van der Waals surface area contributed by atoms with Crippen LogP contribution in [-0.4, -0.2) is 39.1 Å². The van der Waals surface area contributed by atoms with Gasteiger partial charge in [-0.25, -0.2) is 4.79 Å². The number of likely N-dealkylation sites (tertiary alicyclic amines) is 1. The van der Waals surface area contributed by atoms with E-state index in [0.717, 1.165) is 6.42 Å². The van der Waals surface area contributed by atoms with Gasteiger partial charge in [0.2, 0.25) is 0 Å². The molecule has 1 saturated heterocycles. The zero-order valence-electron chi connectivity index (χ0n) is 11.1. The molecule has 102 valence electrons. The molecule has 0 radical (unpaired) electrons. The quantitative estimate of drug-likeness (QED) is 0.454. The molecule has 6 heteroatoms. The van der Waals surface area contributed by atoms with Crippen molar-refractivity contribution in [1.29, 1.82) is 0 Å².